The fraction of sp³-hybridized carbons (Fsp3) is 0.154. The number of carbonyl (C=O) groups is 1. The van der Waals surface area contributed by atoms with Crippen LogP contribution in [0.3, 0.4) is 0 Å². The number of fused-ring (bicyclic) bond motifs is 1. The molecule has 0 aliphatic rings. The summed E-state index contributed by atoms with van der Waals surface area (Å²) in [6, 6.07) is 18.2. The number of rotatable bonds is 3. The third-order valence-electron chi connectivity index (χ3n) is 5.44. The highest BCUT2D eigenvalue weighted by molar-refractivity contribution is 6.05. The van der Waals surface area contributed by atoms with Crippen LogP contribution in [0.5, 0.6) is 0 Å². The van der Waals surface area contributed by atoms with Crippen molar-refractivity contribution in [3.63, 3.8) is 0 Å². The van der Waals surface area contributed by atoms with Gasteiger partial charge in [0.25, 0.3) is 5.91 Å². The summed E-state index contributed by atoms with van der Waals surface area (Å²) in [5.74, 6) is 0.308. The lowest BCUT2D eigenvalue weighted by atomic mass is 10.0. The summed E-state index contributed by atoms with van der Waals surface area (Å²) < 4.78 is 6.04. The fourth-order valence-electron chi connectivity index (χ4n) is 3.62. The van der Waals surface area contributed by atoms with E-state index in [0.717, 1.165) is 33.5 Å². The van der Waals surface area contributed by atoms with E-state index in [-0.39, 0.29) is 11.3 Å². The van der Waals surface area contributed by atoms with E-state index in [1.54, 1.807) is 24.3 Å². The third-order valence-corrected chi connectivity index (χ3v) is 5.44. The van der Waals surface area contributed by atoms with Crippen molar-refractivity contribution >= 4 is 22.6 Å². The van der Waals surface area contributed by atoms with Gasteiger partial charge in [-0.1, -0.05) is 30.3 Å². The number of benzene rings is 3. The van der Waals surface area contributed by atoms with E-state index in [2.05, 4.69) is 5.32 Å². The molecule has 0 saturated heterocycles. The van der Waals surface area contributed by atoms with E-state index in [4.69, 9.17) is 4.42 Å². The van der Waals surface area contributed by atoms with Gasteiger partial charge in [0.05, 0.1) is 5.39 Å². The van der Waals surface area contributed by atoms with Gasteiger partial charge in [0, 0.05) is 22.9 Å². The number of amides is 1. The van der Waals surface area contributed by atoms with Gasteiger partial charge in [0.15, 0.2) is 5.43 Å². The molecule has 1 N–H and O–H groups in total. The minimum Gasteiger partial charge on any atom is -0.456 e. The maximum Gasteiger partial charge on any atom is 0.255 e. The van der Waals surface area contributed by atoms with Crippen LogP contribution in [0.25, 0.3) is 22.3 Å². The Kier molecular flexibility index (Phi) is 5.00. The zero-order valence-electron chi connectivity index (χ0n) is 17.5. The smallest absolute Gasteiger partial charge is 0.255 e. The van der Waals surface area contributed by atoms with Crippen LogP contribution in [0.15, 0.2) is 69.9 Å². The summed E-state index contributed by atoms with van der Waals surface area (Å²) in [5.41, 5.74) is 6.73. The molecule has 0 aliphatic heterocycles. The molecule has 150 valence electrons. The first-order valence-corrected chi connectivity index (χ1v) is 9.86. The highest BCUT2D eigenvalue weighted by Crippen LogP contribution is 2.26. The highest BCUT2D eigenvalue weighted by atomic mass is 16.3. The molecule has 0 bridgehead atoms. The van der Waals surface area contributed by atoms with Gasteiger partial charge in [-0.3, -0.25) is 9.59 Å². The molecule has 4 nitrogen and oxygen atoms in total. The monoisotopic (exact) mass is 397 g/mol. The first kappa shape index (κ1) is 19.6. The largest absolute Gasteiger partial charge is 0.456 e. The van der Waals surface area contributed by atoms with Crippen LogP contribution >= 0.6 is 0 Å². The van der Waals surface area contributed by atoms with E-state index in [9.17, 15) is 9.59 Å². The normalized spacial score (nSPS) is 10.9. The Morgan fingerprint density at radius 1 is 0.867 bits per heavy atom. The lowest BCUT2D eigenvalue weighted by Gasteiger charge is -2.11. The molecule has 3 aromatic carbocycles. The van der Waals surface area contributed by atoms with Crippen LogP contribution in [0, 0.1) is 27.7 Å². The van der Waals surface area contributed by atoms with E-state index in [0.29, 0.717) is 22.3 Å². The molecule has 30 heavy (non-hydrogen) atoms. The lowest BCUT2D eigenvalue weighted by Crippen LogP contribution is -2.13. The standard InChI is InChI=1S/C26H23NO3/c1-15-12-17(3)25-21(13-15)23(28)14-24(30-25)19-8-10-20(11-9-19)26(29)27-22-7-5-6-16(2)18(22)4/h5-14H,1-4H3,(H,27,29). The van der Waals surface area contributed by atoms with Crippen LogP contribution < -0.4 is 10.7 Å². The summed E-state index contributed by atoms with van der Waals surface area (Å²) >= 11 is 0. The van der Waals surface area contributed by atoms with Gasteiger partial charge in [-0.15, -0.1) is 0 Å². The van der Waals surface area contributed by atoms with Gasteiger partial charge < -0.3 is 9.73 Å². The Morgan fingerprint density at radius 3 is 2.33 bits per heavy atom. The van der Waals surface area contributed by atoms with E-state index < -0.39 is 0 Å². The first-order valence-electron chi connectivity index (χ1n) is 9.86. The number of anilines is 1. The van der Waals surface area contributed by atoms with Gasteiger partial charge in [-0.25, -0.2) is 0 Å². The summed E-state index contributed by atoms with van der Waals surface area (Å²) in [4.78, 5) is 25.2. The average molecular weight is 397 g/mol. The highest BCUT2D eigenvalue weighted by Gasteiger charge is 2.12. The van der Waals surface area contributed by atoms with Gasteiger partial charge in [0.2, 0.25) is 0 Å². The second-order valence-corrected chi connectivity index (χ2v) is 7.71. The summed E-state index contributed by atoms with van der Waals surface area (Å²) in [7, 11) is 0. The average Bonchev–Trinajstić information content (AvgIpc) is 2.72. The Labute approximate surface area is 175 Å². The van der Waals surface area contributed by atoms with Gasteiger partial charge in [-0.05, 0) is 74.2 Å². The van der Waals surface area contributed by atoms with Crippen LogP contribution in [0.2, 0.25) is 0 Å². The van der Waals surface area contributed by atoms with Crippen molar-refractivity contribution in [3.8, 4) is 11.3 Å². The molecule has 1 aromatic heterocycles. The number of aryl methyl sites for hydroxylation is 3. The van der Waals surface area contributed by atoms with E-state index >= 15 is 0 Å². The Bertz CT molecular complexity index is 1330. The van der Waals surface area contributed by atoms with Crippen LogP contribution in [-0.2, 0) is 0 Å². The topological polar surface area (TPSA) is 59.3 Å². The SMILES string of the molecule is Cc1cc(C)c2oc(-c3ccc(C(=O)Nc4cccc(C)c4C)cc3)cc(=O)c2c1. The molecule has 0 spiro atoms. The van der Waals surface area contributed by atoms with Crippen molar-refractivity contribution in [1.82, 2.24) is 0 Å². The molecule has 0 atom stereocenters. The van der Waals surface area contributed by atoms with E-state index in [1.807, 2.05) is 58.0 Å². The van der Waals surface area contributed by atoms with Gasteiger partial charge >= 0.3 is 0 Å². The quantitative estimate of drug-likeness (QED) is 0.465. The Balaban J connectivity index is 1.64. The third kappa shape index (κ3) is 3.64. The van der Waals surface area contributed by atoms with Crippen molar-refractivity contribution in [2.75, 3.05) is 5.32 Å². The number of nitrogens with one attached hydrogen (secondary N) is 1. The molecule has 0 radical (unpaired) electrons. The number of hydrogen-bond donors (Lipinski definition) is 1. The Hall–Kier alpha value is -3.66. The van der Waals surface area contributed by atoms with Crippen molar-refractivity contribution in [2.45, 2.75) is 27.7 Å². The molecule has 4 aromatic rings. The maximum absolute atomic E-state index is 12.6. The molecule has 4 heteroatoms. The molecule has 0 aliphatic carbocycles. The molecular formula is C26H23NO3. The predicted molar refractivity (Wildman–Crippen MR) is 121 cm³/mol. The number of hydrogen-bond acceptors (Lipinski definition) is 3. The van der Waals surface area contributed by atoms with Crippen molar-refractivity contribution in [2.24, 2.45) is 0 Å². The lowest BCUT2D eigenvalue weighted by molar-refractivity contribution is 0.102. The van der Waals surface area contributed by atoms with Crippen LogP contribution in [-0.4, -0.2) is 5.91 Å². The predicted octanol–water partition coefficient (Wildman–Crippen LogP) is 5.95. The molecule has 1 heterocycles. The minimum atomic E-state index is -0.179. The molecule has 1 amide bonds. The maximum atomic E-state index is 12.6. The van der Waals surface area contributed by atoms with E-state index in [1.165, 1.54) is 6.07 Å². The van der Waals surface area contributed by atoms with Crippen molar-refractivity contribution in [3.05, 3.63) is 98.7 Å². The molecule has 0 saturated carbocycles. The van der Waals surface area contributed by atoms with Crippen LogP contribution in [0.1, 0.15) is 32.6 Å². The minimum absolute atomic E-state index is 0.0743. The van der Waals surface area contributed by atoms with Gasteiger partial charge in [0.1, 0.15) is 11.3 Å². The summed E-state index contributed by atoms with van der Waals surface area (Å²) in [6.07, 6.45) is 0. The van der Waals surface area contributed by atoms with Crippen LogP contribution in [0.4, 0.5) is 5.69 Å². The zero-order chi connectivity index (χ0) is 21.4. The fourth-order valence-corrected chi connectivity index (χ4v) is 3.62. The second-order valence-electron chi connectivity index (χ2n) is 7.71. The first-order chi connectivity index (χ1) is 14.3. The summed E-state index contributed by atoms with van der Waals surface area (Å²) in [5, 5.41) is 3.54. The molecule has 4 rings (SSSR count). The molecule has 0 fully saturated rings. The van der Waals surface area contributed by atoms with Crippen molar-refractivity contribution in [1.29, 1.82) is 0 Å². The van der Waals surface area contributed by atoms with Crippen molar-refractivity contribution < 1.29 is 9.21 Å². The zero-order valence-corrected chi connectivity index (χ0v) is 17.5. The Morgan fingerprint density at radius 2 is 1.60 bits per heavy atom. The second kappa shape index (κ2) is 7.64. The summed E-state index contributed by atoms with van der Waals surface area (Å²) in [6.45, 7) is 7.89. The molecular weight excluding hydrogens is 374 g/mol. The number of carbonyl (C=O) groups excluding carboxylic acids is 1. The molecule has 0 unspecified atom stereocenters. The van der Waals surface area contributed by atoms with Gasteiger partial charge in [-0.2, -0.15) is 0 Å².